The first-order chi connectivity index (χ1) is 7.68. The van der Waals surface area contributed by atoms with Gasteiger partial charge in [0, 0.05) is 11.6 Å². The van der Waals surface area contributed by atoms with Crippen molar-refractivity contribution in [2.24, 2.45) is 0 Å². The third-order valence-corrected chi connectivity index (χ3v) is 3.31. The number of nitrogens with one attached hydrogen (secondary N) is 1. The number of hydrogen-bond acceptors (Lipinski definition) is 2. The Morgan fingerprint density at radius 2 is 2.12 bits per heavy atom. The van der Waals surface area contributed by atoms with Gasteiger partial charge in [-0.3, -0.25) is 0 Å². The van der Waals surface area contributed by atoms with E-state index in [1.165, 1.54) is 12.0 Å². The van der Waals surface area contributed by atoms with E-state index in [1.54, 1.807) is 0 Å². The van der Waals surface area contributed by atoms with Gasteiger partial charge >= 0.3 is 0 Å². The number of piperidine rings is 1. The molecule has 1 aromatic rings. The lowest BCUT2D eigenvalue weighted by atomic mass is 9.96. The molecule has 3 heteroatoms. The standard InChI is InChI=1S/C13H18ClNO/c1-13(7-2-8-15-10-13)16-9-11-3-5-12(14)6-4-11/h3-6,15H,2,7-10H2,1H3. The van der Waals surface area contributed by atoms with Crippen molar-refractivity contribution in [3.8, 4) is 0 Å². The first-order valence-electron chi connectivity index (χ1n) is 5.77. The predicted octanol–water partition coefficient (Wildman–Crippen LogP) is 3.00. The van der Waals surface area contributed by atoms with Crippen LogP contribution < -0.4 is 5.32 Å². The van der Waals surface area contributed by atoms with E-state index < -0.39 is 0 Å². The van der Waals surface area contributed by atoms with Crippen LogP contribution in [-0.2, 0) is 11.3 Å². The second kappa shape index (κ2) is 5.17. The van der Waals surface area contributed by atoms with Crippen LogP contribution >= 0.6 is 11.6 Å². The van der Waals surface area contributed by atoms with Gasteiger partial charge in [0.1, 0.15) is 0 Å². The fraction of sp³-hybridized carbons (Fsp3) is 0.538. The Balaban J connectivity index is 1.88. The summed E-state index contributed by atoms with van der Waals surface area (Å²) in [5.41, 5.74) is 1.16. The van der Waals surface area contributed by atoms with E-state index in [2.05, 4.69) is 12.2 Å². The van der Waals surface area contributed by atoms with E-state index in [0.29, 0.717) is 6.61 Å². The highest BCUT2D eigenvalue weighted by Crippen LogP contribution is 2.22. The molecule has 0 spiro atoms. The fourth-order valence-corrected chi connectivity index (χ4v) is 2.12. The molecule has 0 saturated carbocycles. The molecule has 1 atom stereocenters. The summed E-state index contributed by atoms with van der Waals surface area (Å²) >= 11 is 5.84. The highest BCUT2D eigenvalue weighted by Gasteiger charge is 2.27. The molecule has 88 valence electrons. The Bertz CT molecular complexity index is 330. The largest absolute Gasteiger partial charge is 0.369 e. The first kappa shape index (κ1) is 11.9. The summed E-state index contributed by atoms with van der Waals surface area (Å²) in [7, 11) is 0. The Morgan fingerprint density at radius 1 is 1.38 bits per heavy atom. The third-order valence-electron chi connectivity index (χ3n) is 3.06. The molecule has 1 saturated heterocycles. The molecule has 0 bridgehead atoms. The monoisotopic (exact) mass is 239 g/mol. The molecule has 1 aliphatic rings. The van der Waals surface area contributed by atoms with Gasteiger partial charge in [-0.1, -0.05) is 23.7 Å². The minimum absolute atomic E-state index is 0.0160. The Labute approximate surface area is 102 Å². The molecule has 0 radical (unpaired) electrons. The van der Waals surface area contributed by atoms with Crippen molar-refractivity contribution in [3.63, 3.8) is 0 Å². The van der Waals surface area contributed by atoms with Crippen LogP contribution in [0.5, 0.6) is 0 Å². The normalized spacial score (nSPS) is 25.6. The summed E-state index contributed by atoms with van der Waals surface area (Å²) in [6.07, 6.45) is 2.32. The molecule has 1 N–H and O–H groups in total. The lowest BCUT2D eigenvalue weighted by molar-refractivity contribution is -0.0571. The van der Waals surface area contributed by atoms with Crippen molar-refractivity contribution in [1.29, 1.82) is 0 Å². The summed E-state index contributed by atoms with van der Waals surface area (Å²) in [4.78, 5) is 0. The summed E-state index contributed by atoms with van der Waals surface area (Å²) in [6, 6.07) is 7.84. The quantitative estimate of drug-likeness (QED) is 0.876. The molecular weight excluding hydrogens is 222 g/mol. The van der Waals surface area contributed by atoms with Crippen LogP contribution in [0.1, 0.15) is 25.3 Å². The van der Waals surface area contributed by atoms with Gasteiger partial charge in [-0.25, -0.2) is 0 Å². The van der Waals surface area contributed by atoms with E-state index in [0.717, 1.165) is 24.5 Å². The van der Waals surface area contributed by atoms with Crippen LogP contribution in [0.15, 0.2) is 24.3 Å². The van der Waals surface area contributed by atoms with Crippen molar-refractivity contribution in [2.75, 3.05) is 13.1 Å². The van der Waals surface area contributed by atoms with Crippen molar-refractivity contribution >= 4 is 11.6 Å². The minimum Gasteiger partial charge on any atom is -0.369 e. The molecule has 16 heavy (non-hydrogen) atoms. The summed E-state index contributed by atoms with van der Waals surface area (Å²) < 4.78 is 5.99. The zero-order valence-electron chi connectivity index (χ0n) is 9.63. The molecule has 1 aromatic carbocycles. The molecule has 2 nitrogen and oxygen atoms in total. The Hall–Kier alpha value is -0.570. The number of rotatable bonds is 3. The summed E-state index contributed by atoms with van der Waals surface area (Å²) in [5.74, 6) is 0. The van der Waals surface area contributed by atoms with Gasteiger partial charge in [0.2, 0.25) is 0 Å². The Kier molecular flexibility index (Phi) is 3.85. The van der Waals surface area contributed by atoms with Crippen molar-refractivity contribution in [2.45, 2.75) is 32.0 Å². The summed E-state index contributed by atoms with van der Waals surface area (Å²) in [6.45, 7) is 4.89. The average molecular weight is 240 g/mol. The van der Waals surface area contributed by atoms with Crippen LogP contribution in [-0.4, -0.2) is 18.7 Å². The van der Waals surface area contributed by atoms with Crippen LogP contribution in [0, 0.1) is 0 Å². The third kappa shape index (κ3) is 3.21. The number of halogens is 1. The zero-order valence-corrected chi connectivity index (χ0v) is 10.4. The molecular formula is C13H18ClNO. The maximum Gasteiger partial charge on any atom is 0.0783 e. The minimum atomic E-state index is -0.0160. The van der Waals surface area contributed by atoms with Gasteiger partial charge < -0.3 is 10.1 Å². The van der Waals surface area contributed by atoms with Crippen molar-refractivity contribution in [1.82, 2.24) is 5.32 Å². The molecule has 1 aliphatic heterocycles. The summed E-state index contributed by atoms with van der Waals surface area (Å²) in [5, 5.41) is 4.15. The van der Waals surface area contributed by atoms with E-state index in [4.69, 9.17) is 16.3 Å². The number of hydrogen-bond donors (Lipinski definition) is 1. The first-order valence-corrected chi connectivity index (χ1v) is 6.15. The van der Waals surface area contributed by atoms with Gasteiger partial charge in [0.15, 0.2) is 0 Å². The molecule has 2 rings (SSSR count). The highest BCUT2D eigenvalue weighted by molar-refractivity contribution is 6.30. The molecule has 0 amide bonds. The maximum atomic E-state index is 5.99. The van der Waals surface area contributed by atoms with Crippen LogP contribution in [0.25, 0.3) is 0 Å². The van der Waals surface area contributed by atoms with E-state index >= 15 is 0 Å². The van der Waals surface area contributed by atoms with E-state index in [-0.39, 0.29) is 5.60 Å². The van der Waals surface area contributed by atoms with Gasteiger partial charge in [-0.05, 0) is 44.0 Å². The molecule has 1 fully saturated rings. The highest BCUT2D eigenvalue weighted by atomic mass is 35.5. The predicted molar refractivity (Wildman–Crippen MR) is 66.7 cm³/mol. The second-order valence-corrected chi connectivity index (χ2v) is 5.08. The molecule has 0 aromatic heterocycles. The van der Waals surface area contributed by atoms with Gasteiger partial charge in [-0.15, -0.1) is 0 Å². The van der Waals surface area contributed by atoms with Crippen molar-refractivity contribution in [3.05, 3.63) is 34.9 Å². The number of benzene rings is 1. The van der Waals surface area contributed by atoms with E-state index in [9.17, 15) is 0 Å². The van der Waals surface area contributed by atoms with Gasteiger partial charge in [0.05, 0.1) is 12.2 Å². The maximum absolute atomic E-state index is 5.99. The second-order valence-electron chi connectivity index (χ2n) is 4.65. The van der Waals surface area contributed by atoms with Gasteiger partial charge in [-0.2, -0.15) is 0 Å². The van der Waals surface area contributed by atoms with Crippen LogP contribution in [0.3, 0.4) is 0 Å². The van der Waals surface area contributed by atoms with Crippen LogP contribution in [0.4, 0.5) is 0 Å². The molecule has 1 unspecified atom stereocenters. The van der Waals surface area contributed by atoms with E-state index in [1.807, 2.05) is 24.3 Å². The SMILES string of the molecule is CC1(OCc2ccc(Cl)cc2)CCCNC1. The van der Waals surface area contributed by atoms with Gasteiger partial charge in [0.25, 0.3) is 0 Å². The number of ether oxygens (including phenoxy) is 1. The fourth-order valence-electron chi connectivity index (χ4n) is 1.99. The Morgan fingerprint density at radius 3 is 2.75 bits per heavy atom. The lowest BCUT2D eigenvalue weighted by Crippen LogP contribution is -2.45. The lowest BCUT2D eigenvalue weighted by Gasteiger charge is -2.34. The topological polar surface area (TPSA) is 21.3 Å². The molecule has 1 heterocycles. The van der Waals surface area contributed by atoms with Crippen LogP contribution in [0.2, 0.25) is 5.02 Å². The smallest absolute Gasteiger partial charge is 0.0783 e. The zero-order chi connectivity index (χ0) is 11.4. The average Bonchev–Trinajstić information content (AvgIpc) is 2.29. The van der Waals surface area contributed by atoms with Crippen molar-refractivity contribution < 1.29 is 4.74 Å². The molecule has 0 aliphatic carbocycles.